The maximum Gasteiger partial charge on any atom is 0.0621 e. The van der Waals surface area contributed by atoms with Gasteiger partial charge in [-0.05, 0) is 13.3 Å². The Labute approximate surface area is 96.7 Å². The highest BCUT2D eigenvalue weighted by molar-refractivity contribution is 5.16. The first kappa shape index (κ1) is 11.6. The van der Waals surface area contributed by atoms with Crippen LogP contribution >= 0.6 is 0 Å². The van der Waals surface area contributed by atoms with Gasteiger partial charge in [0.2, 0.25) is 0 Å². The highest BCUT2D eigenvalue weighted by Crippen LogP contribution is 2.40. The van der Waals surface area contributed by atoms with E-state index < -0.39 is 0 Å². The molecule has 0 saturated heterocycles. The summed E-state index contributed by atoms with van der Waals surface area (Å²) < 4.78 is 1.89. The molecule has 0 spiro atoms. The molecule has 1 aliphatic carbocycles. The van der Waals surface area contributed by atoms with E-state index in [0.717, 1.165) is 13.0 Å². The number of aromatic nitrogens is 2. The molecule has 1 aromatic rings. The molecule has 0 aromatic carbocycles. The molecule has 90 valence electrons. The van der Waals surface area contributed by atoms with Crippen LogP contribution in [0, 0.1) is 12.3 Å². The zero-order valence-electron chi connectivity index (χ0n) is 10.5. The van der Waals surface area contributed by atoms with Crippen LogP contribution in [0.3, 0.4) is 0 Å². The van der Waals surface area contributed by atoms with Gasteiger partial charge in [0.1, 0.15) is 0 Å². The molecule has 2 rings (SSSR count). The van der Waals surface area contributed by atoms with Crippen LogP contribution in [0.1, 0.15) is 31.5 Å². The van der Waals surface area contributed by atoms with Crippen molar-refractivity contribution in [1.29, 1.82) is 0 Å². The van der Waals surface area contributed by atoms with Crippen molar-refractivity contribution >= 4 is 0 Å². The molecule has 1 heterocycles. The Balaban J connectivity index is 1.92. The number of nitrogens with zero attached hydrogens (tertiary/aromatic N) is 2. The van der Waals surface area contributed by atoms with E-state index in [4.69, 9.17) is 0 Å². The summed E-state index contributed by atoms with van der Waals surface area (Å²) in [7, 11) is 1.95. The fraction of sp³-hybridized carbons (Fsp3) is 0.750. The number of hydrogen-bond donors (Lipinski definition) is 2. The monoisotopic (exact) mass is 223 g/mol. The van der Waals surface area contributed by atoms with Gasteiger partial charge in [0, 0.05) is 36.3 Å². The zero-order chi connectivity index (χ0) is 11.9. The van der Waals surface area contributed by atoms with Crippen molar-refractivity contribution in [2.75, 3.05) is 0 Å². The predicted molar refractivity (Wildman–Crippen MR) is 63.0 cm³/mol. The number of hydrogen-bond acceptors (Lipinski definition) is 3. The van der Waals surface area contributed by atoms with Crippen LogP contribution in [-0.2, 0) is 13.6 Å². The molecule has 4 heteroatoms. The largest absolute Gasteiger partial charge is 0.392 e. The first-order valence-electron chi connectivity index (χ1n) is 5.82. The second-order valence-corrected chi connectivity index (χ2v) is 5.39. The predicted octanol–water partition coefficient (Wildman–Crippen LogP) is 0.978. The van der Waals surface area contributed by atoms with Gasteiger partial charge in [-0.2, -0.15) is 5.10 Å². The van der Waals surface area contributed by atoms with E-state index in [1.54, 1.807) is 0 Å². The maximum absolute atomic E-state index is 9.65. The fourth-order valence-corrected chi connectivity index (χ4v) is 2.20. The molecule has 0 radical (unpaired) electrons. The lowest BCUT2D eigenvalue weighted by Gasteiger charge is -2.49. The SMILES string of the molecule is Cc1c(CNC2CC(O)C2(C)C)cnn1C. The van der Waals surface area contributed by atoms with Crippen molar-refractivity contribution in [3.8, 4) is 0 Å². The smallest absolute Gasteiger partial charge is 0.0621 e. The van der Waals surface area contributed by atoms with E-state index in [0.29, 0.717) is 6.04 Å². The molecular formula is C12H21N3O. The summed E-state index contributed by atoms with van der Waals surface area (Å²) in [6.07, 6.45) is 2.59. The highest BCUT2D eigenvalue weighted by atomic mass is 16.3. The van der Waals surface area contributed by atoms with Gasteiger partial charge in [-0.3, -0.25) is 4.68 Å². The zero-order valence-corrected chi connectivity index (χ0v) is 10.5. The first-order chi connectivity index (χ1) is 7.43. The van der Waals surface area contributed by atoms with Gasteiger partial charge in [0.25, 0.3) is 0 Å². The number of nitrogens with one attached hydrogen (secondary N) is 1. The first-order valence-corrected chi connectivity index (χ1v) is 5.82. The second kappa shape index (κ2) is 3.86. The fourth-order valence-electron chi connectivity index (χ4n) is 2.20. The Kier molecular flexibility index (Phi) is 2.80. The van der Waals surface area contributed by atoms with Gasteiger partial charge in [-0.1, -0.05) is 13.8 Å². The van der Waals surface area contributed by atoms with Crippen molar-refractivity contribution in [3.05, 3.63) is 17.5 Å². The quantitative estimate of drug-likeness (QED) is 0.803. The summed E-state index contributed by atoms with van der Waals surface area (Å²) in [6.45, 7) is 7.12. The lowest BCUT2D eigenvalue weighted by Crippen LogP contribution is -2.59. The number of aliphatic hydroxyl groups is 1. The molecule has 1 fully saturated rings. The molecule has 1 aromatic heterocycles. The third-order valence-electron chi connectivity index (χ3n) is 4.09. The number of rotatable bonds is 3. The van der Waals surface area contributed by atoms with E-state index in [1.165, 1.54) is 11.3 Å². The van der Waals surface area contributed by atoms with Crippen LogP contribution < -0.4 is 5.32 Å². The normalized spacial score (nSPS) is 27.8. The average Bonchev–Trinajstić information content (AvgIpc) is 2.55. The molecule has 0 amide bonds. The van der Waals surface area contributed by atoms with E-state index >= 15 is 0 Å². The van der Waals surface area contributed by atoms with Crippen molar-refractivity contribution in [2.24, 2.45) is 12.5 Å². The van der Waals surface area contributed by atoms with Crippen molar-refractivity contribution in [1.82, 2.24) is 15.1 Å². The van der Waals surface area contributed by atoms with E-state index in [9.17, 15) is 5.11 Å². The summed E-state index contributed by atoms with van der Waals surface area (Å²) in [5, 5.41) is 17.4. The minimum absolute atomic E-state index is 0.00386. The van der Waals surface area contributed by atoms with E-state index in [-0.39, 0.29) is 11.5 Å². The van der Waals surface area contributed by atoms with Gasteiger partial charge in [0.15, 0.2) is 0 Å². The van der Waals surface area contributed by atoms with Crippen molar-refractivity contribution in [2.45, 2.75) is 45.9 Å². The molecule has 2 unspecified atom stereocenters. The van der Waals surface area contributed by atoms with Crippen LogP contribution in [-0.4, -0.2) is 27.0 Å². The van der Waals surface area contributed by atoms with Crippen molar-refractivity contribution < 1.29 is 5.11 Å². The minimum Gasteiger partial charge on any atom is -0.392 e. The maximum atomic E-state index is 9.65. The van der Waals surface area contributed by atoms with Crippen LogP contribution in [0.25, 0.3) is 0 Å². The van der Waals surface area contributed by atoms with Gasteiger partial charge in [0.05, 0.1) is 12.3 Å². The Bertz CT molecular complexity index is 384. The summed E-state index contributed by atoms with van der Waals surface area (Å²) in [5.74, 6) is 0. The Morgan fingerprint density at radius 1 is 1.62 bits per heavy atom. The summed E-state index contributed by atoms with van der Waals surface area (Å²) in [4.78, 5) is 0. The lowest BCUT2D eigenvalue weighted by atomic mass is 9.64. The summed E-state index contributed by atoms with van der Waals surface area (Å²) >= 11 is 0. The van der Waals surface area contributed by atoms with Crippen LogP contribution in [0.15, 0.2) is 6.20 Å². The Hall–Kier alpha value is -0.870. The Morgan fingerprint density at radius 2 is 2.31 bits per heavy atom. The van der Waals surface area contributed by atoms with Crippen molar-refractivity contribution in [3.63, 3.8) is 0 Å². The van der Waals surface area contributed by atoms with Gasteiger partial charge in [-0.15, -0.1) is 0 Å². The van der Waals surface area contributed by atoms with Gasteiger partial charge < -0.3 is 10.4 Å². The summed E-state index contributed by atoms with van der Waals surface area (Å²) in [5.41, 5.74) is 2.43. The average molecular weight is 223 g/mol. The molecule has 16 heavy (non-hydrogen) atoms. The van der Waals surface area contributed by atoms with Crippen LogP contribution in [0.5, 0.6) is 0 Å². The molecular weight excluding hydrogens is 202 g/mol. The highest BCUT2D eigenvalue weighted by Gasteiger charge is 2.46. The minimum atomic E-state index is -0.167. The number of aryl methyl sites for hydroxylation is 1. The third kappa shape index (κ3) is 1.76. The summed E-state index contributed by atoms with van der Waals surface area (Å²) in [6, 6.07) is 0.405. The second-order valence-electron chi connectivity index (χ2n) is 5.39. The van der Waals surface area contributed by atoms with E-state index in [1.807, 2.05) is 17.9 Å². The van der Waals surface area contributed by atoms with Crippen LogP contribution in [0.4, 0.5) is 0 Å². The molecule has 4 nitrogen and oxygen atoms in total. The molecule has 0 aliphatic heterocycles. The van der Waals surface area contributed by atoms with Gasteiger partial charge in [-0.25, -0.2) is 0 Å². The number of aliphatic hydroxyl groups excluding tert-OH is 1. The third-order valence-corrected chi connectivity index (χ3v) is 4.09. The molecule has 1 aliphatic rings. The molecule has 2 atom stereocenters. The van der Waals surface area contributed by atoms with Gasteiger partial charge >= 0.3 is 0 Å². The standard InChI is InChI=1S/C12H21N3O/c1-8-9(7-14-15(8)4)6-13-10-5-11(16)12(10,2)3/h7,10-11,13,16H,5-6H2,1-4H3. The topological polar surface area (TPSA) is 50.1 Å². The molecule has 0 bridgehead atoms. The molecule has 2 N–H and O–H groups in total. The van der Waals surface area contributed by atoms with E-state index in [2.05, 4.69) is 31.2 Å². The molecule has 1 saturated carbocycles. The van der Waals surface area contributed by atoms with Crippen LogP contribution in [0.2, 0.25) is 0 Å². The Morgan fingerprint density at radius 3 is 2.75 bits per heavy atom. The lowest BCUT2D eigenvalue weighted by molar-refractivity contribution is -0.0730.